The fraction of sp³-hybridized carbons (Fsp3) is 0.103. The second-order valence-corrected chi connectivity index (χ2v) is 10.1. The van der Waals surface area contributed by atoms with Gasteiger partial charge in [-0.05, 0) is 47.9 Å². The molecule has 1 aromatic heterocycles. The summed E-state index contributed by atoms with van der Waals surface area (Å²) in [6.45, 7) is 0.0599. The van der Waals surface area contributed by atoms with Gasteiger partial charge in [0.15, 0.2) is 9.84 Å². The number of rotatable bonds is 9. The van der Waals surface area contributed by atoms with Gasteiger partial charge in [0.2, 0.25) is 0 Å². The maximum Gasteiger partial charge on any atom is 0.412 e. The first kappa shape index (κ1) is 25.7. The van der Waals surface area contributed by atoms with Crippen molar-refractivity contribution in [3.63, 3.8) is 0 Å². The lowest BCUT2D eigenvalue weighted by Crippen LogP contribution is -2.29. The third-order valence-corrected chi connectivity index (χ3v) is 7.07. The first-order valence-electron chi connectivity index (χ1n) is 11.6. The van der Waals surface area contributed by atoms with E-state index in [9.17, 15) is 18.0 Å². The normalized spacial score (nSPS) is 12.2. The molecule has 0 aliphatic heterocycles. The highest BCUT2D eigenvalue weighted by Gasteiger charge is 2.17. The van der Waals surface area contributed by atoms with E-state index in [1.807, 2.05) is 60.7 Å². The number of amides is 1. The summed E-state index contributed by atoms with van der Waals surface area (Å²) in [7, 11) is -3.72. The van der Waals surface area contributed by atoms with Gasteiger partial charge in [-0.15, -0.1) is 0 Å². The number of pyridine rings is 1. The zero-order valence-corrected chi connectivity index (χ0v) is 20.8. The topological polar surface area (TPSA) is 94.5 Å². The van der Waals surface area contributed by atoms with E-state index in [0.29, 0.717) is 6.42 Å². The maximum absolute atomic E-state index is 13.3. The van der Waals surface area contributed by atoms with Crippen LogP contribution in [0.4, 0.5) is 10.5 Å². The van der Waals surface area contributed by atoms with Crippen LogP contribution in [0.25, 0.3) is 0 Å². The number of benzene rings is 3. The number of sulfone groups is 1. The Balaban J connectivity index is 1.59. The van der Waals surface area contributed by atoms with Crippen LogP contribution in [0.3, 0.4) is 0 Å². The van der Waals surface area contributed by atoms with Crippen molar-refractivity contribution in [1.29, 1.82) is 0 Å². The van der Waals surface area contributed by atoms with Gasteiger partial charge in [-0.2, -0.15) is 0 Å². The van der Waals surface area contributed by atoms with E-state index >= 15 is 0 Å². The molecule has 1 heterocycles. The fourth-order valence-electron chi connectivity index (χ4n) is 3.73. The van der Waals surface area contributed by atoms with Gasteiger partial charge < -0.3 is 9.30 Å². The lowest BCUT2D eigenvalue weighted by Gasteiger charge is -2.18. The highest BCUT2D eigenvalue weighted by Crippen LogP contribution is 2.19. The maximum atomic E-state index is 13.3. The largest absolute Gasteiger partial charge is 0.444 e. The highest BCUT2D eigenvalue weighted by molar-refractivity contribution is 7.94. The molecule has 0 saturated carbocycles. The van der Waals surface area contributed by atoms with Crippen molar-refractivity contribution in [3.05, 3.63) is 142 Å². The zero-order chi connectivity index (χ0) is 26.1. The second-order valence-electron chi connectivity index (χ2n) is 8.26. The Kier molecular flexibility index (Phi) is 8.33. The van der Waals surface area contributed by atoms with Gasteiger partial charge in [0, 0.05) is 11.6 Å². The van der Waals surface area contributed by atoms with Crippen LogP contribution in [0.15, 0.2) is 130 Å². The molecule has 4 rings (SSSR count). The van der Waals surface area contributed by atoms with Crippen molar-refractivity contribution in [3.8, 4) is 0 Å². The molecular weight excluding hydrogens is 488 g/mol. The lowest BCUT2D eigenvalue weighted by molar-refractivity contribution is 0.155. The number of carbonyl (C=O) groups excluding carboxylic acids is 1. The highest BCUT2D eigenvalue weighted by atomic mass is 32.2. The Morgan fingerprint density at radius 3 is 2.08 bits per heavy atom. The van der Waals surface area contributed by atoms with Gasteiger partial charge >= 0.3 is 6.09 Å². The predicted octanol–water partition coefficient (Wildman–Crippen LogP) is 5.37. The Bertz CT molecular complexity index is 1520. The molecule has 1 atom stereocenters. The van der Waals surface area contributed by atoms with Crippen LogP contribution in [0.2, 0.25) is 0 Å². The lowest BCUT2D eigenvalue weighted by atomic mass is 10.1. The quantitative estimate of drug-likeness (QED) is 0.324. The van der Waals surface area contributed by atoms with Crippen LogP contribution in [0.5, 0.6) is 0 Å². The number of hydrogen-bond acceptors (Lipinski definition) is 5. The number of allylic oxidation sites excluding steroid dienone is 1. The number of nitrogens with one attached hydrogen (secondary N) is 1. The summed E-state index contributed by atoms with van der Waals surface area (Å²) in [6.07, 6.45) is 2.66. The van der Waals surface area contributed by atoms with Gasteiger partial charge in [0.25, 0.3) is 5.56 Å². The van der Waals surface area contributed by atoms with Gasteiger partial charge in [0.1, 0.15) is 12.3 Å². The summed E-state index contributed by atoms with van der Waals surface area (Å²) in [5.74, 6) is 0. The van der Waals surface area contributed by atoms with E-state index in [-0.39, 0.29) is 17.2 Å². The van der Waals surface area contributed by atoms with Gasteiger partial charge in [-0.25, -0.2) is 13.2 Å². The molecule has 0 unspecified atom stereocenters. The number of nitrogens with zero attached hydrogens (tertiary/aromatic N) is 1. The average Bonchev–Trinajstić information content (AvgIpc) is 2.93. The van der Waals surface area contributed by atoms with Crippen molar-refractivity contribution >= 4 is 21.6 Å². The van der Waals surface area contributed by atoms with Crippen LogP contribution in [0.1, 0.15) is 17.2 Å². The molecular formula is C29H26N2O5S. The molecule has 1 amide bonds. The standard InChI is InChI=1S/C29H26N2O5S/c32-28-27(30-29(33)36-22-24-13-6-2-7-14-24)17-10-19-31(28)25(21-23-11-4-1-5-12-23)18-20-37(34,35)26-15-8-3-9-16-26/h1-20,25H,21-22H2,(H,30,33)/b20-18+/t25-/m1/s1. The molecule has 0 saturated heterocycles. The van der Waals surface area contributed by atoms with E-state index in [1.165, 1.54) is 28.8 Å². The van der Waals surface area contributed by atoms with E-state index in [4.69, 9.17) is 4.74 Å². The summed E-state index contributed by atoms with van der Waals surface area (Å²) in [5.41, 5.74) is 1.28. The number of aromatic nitrogens is 1. The molecule has 1 N–H and O–H groups in total. The monoisotopic (exact) mass is 514 g/mol. The fourth-order valence-corrected chi connectivity index (χ4v) is 4.81. The van der Waals surface area contributed by atoms with Crippen molar-refractivity contribution < 1.29 is 17.9 Å². The Morgan fingerprint density at radius 2 is 1.43 bits per heavy atom. The Labute approximate surface area is 215 Å². The molecule has 0 aliphatic rings. The number of anilines is 1. The van der Waals surface area contributed by atoms with Crippen LogP contribution in [0, 0.1) is 0 Å². The van der Waals surface area contributed by atoms with Crippen molar-refractivity contribution in [2.45, 2.75) is 24.0 Å². The molecule has 0 radical (unpaired) electrons. The average molecular weight is 515 g/mol. The first-order valence-corrected chi connectivity index (χ1v) is 13.2. The van der Waals surface area contributed by atoms with Crippen molar-refractivity contribution in [2.75, 3.05) is 5.32 Å². The zero-order valence-electron chi connectivity index (χ0n) is 19.9. The van der Waals surface area contributed by atoms with Crippen LogP contribution in [-0.2, 0) is 27.6 Å². The van der Waals surface area contributed by atoms with Gasteiger partial charge in [-0.3, -0.25) is 10.1 Å². The third kappa shape index (κ3) is 7.05. The molecule has 0 aliphatic carbocycles. The molecule has 8 heteroatoms. The Hall–Kier alpha value is -4.43. The SMILES string of the molecule is O=C(Nc1cccn([C@H](/C=C/S(=O)(=O)c2ccccc2)Cc2ccccc2)c1=O)OCc1ccccc1. The van der Waals surface area contributed by atoms with Crippen molar-refractivity contribution in [2.24, 2.45) is 0 Å². The molecule has 4 aromatic rings. The molecule has 0 spiro atoms. The minimum Gasteiger partial charge on any atom is -0.444 e. The minimum absolute atomic E-state index is 0.0259. The van der Waals surface area contributed by atoms with Gasteiger partial charge in [-0.1, -0.05) is 78.9 Å². The van der Waals surface area contributed by atoms with E-state index in [2.05, 4.69) is 5.32 Å². The summed E-state index contributed by atoms with van der Waals surface area (Å²) in [6, 6.07) is 29.2. The van der Waals surface area contributed by atoms with E-state index < -0.39 is 27.5 Å². The predicted molar refractivity (Wildman–Crippen MR) is 143 cm³/mol. The smallest absolute Gasteiger partial charge is 0.412 e. The van der Waals surface area contributed by atoms with Crippen LogP contribution < -0.4 is 10.9 Å². The molecule has 0 fully saturated rings. The summed E-state index contributed by atoms with van der Waals surface area (Å²) in [4.78, 5) is 25.8. The number of hydrogen-bond donors (Lipinski definition) is 1. The number of carbonyl (C=O) groups is 1. The molecule has 7 nitrogen and oxygen atoms in total. The minimum atomic E-state index is -3.72. The summed E-state index contributed by atoms with van der Waals surface area (Å²) >= 11 is 0. The van der Waals surface area contributed by atoms with Crippen LogP contribution >= 0.6 is 0 Å². The summed E-state index contributed by atoms with van der Waals surface area (Å²) < 4.78 is 32.4. The summed E-state index contributed by atoms with van der Waals surface area (Å²) in [5, 5.41) is 3.62. The first-order chi connectivity index (χ1) is 17.9. The third-order valence-electron chi connectivity index (χ3n) is 5.62. The van der Waals surface area contributed by atoms with E-state index in [0.717, 1.165) is 16.5 Å². The molecule has 3 aromatic carbocycles. The van der Waals surface area contributed by atoms with Crippen LogP contribution in [-0.4, -0.2) is 19.1 Å². The number of ether oxygens (including phenoxy) is 1. The molecule has 0 bridgehead atoms. The second kappa shape index (κ2) is 12.0. The Morgan fingerprint density at radius 1 is 0.838 bits per heavy atom. The molecule has 188 valence electrons. The van der Waals surface area contributed by atoms with Gasteiger partial charge in [0.05, 0.1) is 10.9 Å². The van der Waals surface area contributed by atoms with Crippen molar-refractivity contribution in [1.82, 2.24) is 4.57 Å². The van der Waals surface area contributed by atoms with E-state index in [1.54, 1.807) is 30.5 Å². The molecule has 37 heavy (non-hydrogen) atoms.